The molecule has 3 aromatic rings. The van der Waals surface area contributed by atoms with Crippen LogP contribution < -0.4 is 0 Å². The van der Waals surface area contributed by atoms with Gasteiger partial charge < -0.3 is 33.9 Å². The van der Waals surface area contributed by atoms with Crippen molar-refractivity contribution in [1.82, 2.24) is 0 Å². The van der Waals surface area contributed by atoms with E-state index in [-0.39, 0.29) is 17.5 Å². The number of esters is 4. The summed E-state index contributed by atoms with van der Waals surface area (Å²) in [4.78, 5) is 54.4. The Morgan fingerprint density at radius 1 is 0.800 bits per heavy atom. The molecule has 0 aromatic heterocycles. The van der Waals surface area contributed by atoms with Crippen molar-refractivity contribution in [2.24, 2.45) is 5.92 Å². The van der Waals surface area contributed by atoms with Crippen molar-refractivity contribution in [3.05, 3.63) is 114 Å². The van der Waals surface area contributed by atoms with Crippen molar-refractivity contribution in [2.75, 3.05) is 0 Å². The van der Waals surface area contributed by atoms with Gasteiger partial charge in [0.15, 0.2) is 11.7 Å². The van der Waals surface area contributed by atoms with Crippen molar-refractivity contribution in [1.29, 1.82) is 0 Å². The summed E-state index contributed by atoms with van der Waals surface area (Å²) >= 11 is 0. The van der Waals surface area contributed by atoms with Crippen molar-refractivity contribution in [3.8, 4) is 0 Å². The molecule has 11 nitrogen and oxygen atoms in total. The highest BCUT2D eigenvalue weighted by molar-refractivity contribution is 5.90. The fourth-order valence-corrected chi connectivity index (χ4v) is 8.04. The first kappa shape index (κ1) is 35.0. The number of fused-ring (bicyclic) bond motifs is 1. The van der Waals surface area contributed by atoms with Gasteiger partial charge in [0.25, 0.3) is 0 Å². The van der Waals surface area contributed by atoms with Crippen LogP contribution in [-0.2, 0) is 33.3 Å². The van der Waals surface area contributed by atoms with Gasteiger partial charge in [-0.2, -0.15) is 0 Å². The average molecular weight is 685 g/mol. The average Bonchev–Trinajstić information content (AvgIpc) is 3.24. The minimum absolute atomic E-state index is 0.134. The number of carbonyl (C=O) groups excluding carboxylic acids is 4. The minimum Gasteiger partial charge on any atom is -0.455 e. The molecule has 0 radical (unpaired) electrons. The van der Waals surface area contributed by atoms with Gasteiger partial charge in [0.1, 0.15) is 17.8 Å². The predicted molar refractivity (Wildman–Crippen MR) is 178 cm³/mol. The van der Waals surface area contributed by atoms with Crippen LogP contribution >= 0.6 is 0 Å². The van der Waals surface area contributed by atoms with Gasteiger partial charge >= 0.3 is 23.9 Å². The molecule has 3 fully saturated rings. The molecule has 2 bridgehead atoms. The van der Waals surface area contributed by atoms with E-state index in [0.717, 1.165) is 13.0 Å². The predicted octanol–water partition coefficient (Wildman–Crippen LogP) is 4.45. The van der Waals surface area contributed by atoms with Gasteiger partial charge in [-0.25, -0.2) is 14.4 Å². The van der Waals surface area contributed by atoms with Crippen LogP contribution in [0.1, 0.15) is 66.8 Å². The normalized spacial score (nSPS) is 32.4. The van der Waals surface area contributed by atoms with Crippen LogP contribution in [-0.4, -0.2) is 80.9 Å². The van der Waals surface area contributed by atoms with Crippen molar-refractivity contribution >= 4 is 30.0 Å². The van der Waals surface area contributed by atoms with Gasteiger partial charge in [-0.3, -0.25) is 4.79 Å². The molecular formula is C39H40O11. The second kappa shape index (κ2) is 13.1. The summed E-state index contributed by atoms with van der Waals surface area (Å²) in [6.45, 7) is 5.87. The fourth-order valence-electron chi connectivity index (χ4n) is 8.04. The highest BCUT2D eigenvalue weighted by Gasteiger charge is 2.87. The van der Waals surface area contributed by atoms with Gasteiger partial charge in [0.05, 0.1) is 22.8 Å². The zero-order valence-corrected chi connectivity index (χ0v) is 28.2. The second-order valence-corrected chi connectivity index (χ2v) is 13.8. The van der Waals surface area contributed by atoms with E-state index in [1.807, 2.05) is 6.07 Å². The lowest BCUT2D eigenvalue weighted by molar-refractivity contribution is -0.368. The summed E-state index contributed by atoms with van der Waals surface area (Å²) in [7, 11) is 0. The van der Waals surface area contributed by atoms with Crippen molar-refractivity contribution in [3.63, 3.8) is 0 Å². The van der Waals surface area contributed by atoms with E-state index in [1.165, 1.54) is 37.3 Å². The molecule has 11 heteroatoms. The second-order valence-electron chi connectivity index (χ2n) is 13.8. The van der Waals surface area contributed by atoms with Gasteiger partial charge in [-0.15, -0.1) is 0 Å². The highest BCUT2D eigenvalue weighted by Crippen LogP contribution is 2.65. The van der Waals surface area contributed by atoms with Crippen LogP contribution in [0, 0.1) is 5.92 Å². The number of benzene rings is 3. The third-order valence-corrected chi connectivity index (χ3v) is 10.1. The molecule has 1 unspecified atom stereocenters. The minimum atomic E-state index is -2.44. The van der Waals surface area contributed by atoms with Gasteiger partial charge in [-0.1, -0.05) is 66.7 Å². The van der Waals surface area contributed by atoms with E-state index in [2.05, 4.69) is 0 Å². The van der Waals surface area contributed by atoms with E-state index >= 15 is 0 Å². The van der Waals surface area contributed by atoms with Crippen LogP contribution in [0.5, 0.6) is 0 Å². The van der Waals surface area contributed by atoms with Crippen LogP contribution in [0.4, 0.5) is 0 Å². The molecule has 6 rings (SSSR count). The molecule has 0 amide bonds. The number of hydrogen-bond acceptors (Lipinski definition) is 11. The quantitative estimate of drug-likeness (QED) is 0.197. The van der Waals surface area contributed by atoms with Crippen LogP contribution in [0.3, 0.4) is 0 Å². The third-order valence-electron chi connectivity index (χ3n) is 10.1. The molecule has 2 saturated carbocycles. The molecule has 3 aromatic carbocycles. The van der Waals surface area contributed by atoms with Gasteiger partial charge in [0, 0.05) is 25.3 Å². The zero-order chi connectivity index (χ0) is 35.9. The molecular weight excluding hydrogens is 644 g/mol. The highest BCUT2D eigenvalue weighted by atomic mass is 16.7. The Balaban J connectivity index is 1.54. The molecule has 262 valence electrons. The third kappa shape index (κ3) is 5.89. The summed E-state index contributed by atoms with van der Waals surface area (Å²) in [5.41, 5.74) is -6.96. The Morgan fingerprint density at radius 2 is 1.34 bits per heavy atom. The lowest BCUT2D eigenvalue weighted by Gasteiger charge is -2.64. The fraction of sp³-hybridized carbons (Fsp3) is 0.385. The number of ether oxygens (including phenoxy) is 5. The molecule has 50 heavy (non-hydrogen) atoms. The summed E-state index contributed by atoms with van der Waals surface area (Å²) in [5.74, 6) is -4.21. The lowest BCUT2D eigenvalue weighted by atomic mass is 9.51. The van der Waals surface area contributed by atoms with Gasteiger partial charge in [-0.05, 0) is 63.1 Å². The number of aliphatic hydroxyl groups excluding tert-OH is 1. The van der Waals surface area contributed by atoms with E-state index in [0.29, 0.717) is 5.56 Å². The first-order valence-corrected chi connectivity index (χ1v) is 16.5. The molecule has 1 spiro atoms. The maximum atomic E-state index is 13.8. The van der Waals surface area contributed by atoms with Crippen LogP contribution in [0.2, 0.25) is 0 Å². The number of rotatable bonds is 8. The lowest BCUT2D eigenvalue weighted by Crippen LogP contribution is -2.87. The molecule has 1 heterocycles. The van der Waals surface area contributed by atoms with Crippen LogP contribution in [0.15, 0.2) is 97.1 Å². The maximum absolute atomic E-state index is 13.8. The number of hydrogen-bond donors (Lipinski definition) is 2. The van der Waals surface area contributed by atoms with E-state index in [4.69, 9.17) is 23.7 Å². The monoisotopic (exact) mass is 684 g/mol. The molecule has 1 aliphatic heterocycles. The van der Waals surface area contributed by atoms with E-state index in [1.54, 1.807) is 74.5 Å². The Kier molecular flexibility index (Phi) is 9.19. The standard InChI is InChI=1S/C39H40O11/c1-24(40)49-38-30(47-35(44)27-18-12-7-13-19-27)22-28-32(42)39(38,50-36(28,2)3)37(4,45)23-29(46-34(43)26-16-10-6-11-17-26)33(38)48-31(41)21-20-25-14-8-5-9-15-25/h5-21,28-30,32-33,42,45H,22-23H2,1-4H3/b21-20+/t28?,29-,30-,32+,33-,37-,38-,39-/m0/s1. The van der Waals surface area contributed by atoms with Crippen molar-refractivity contribution in [2.45, 2.75) is 87.4 Å². The maximum Gasteiger partial charge on any atom is 0.338 e. The Hall–Kier alpha value is -4.84. The first-order valence-electron chi connectivity index (χ1n) is 16.5. The number of aliphatic hydroxyl groups is 2. The number of carbonyl (C=O) groups is 4. The molecule has 2 N–H and O–H groups in total. The zero-order valence-electron chi connectivity index (χ0n) is 28.2. The van der Waals surface area contributed by atoms with Crippen LogP contribution in [0.25, 0.3) is 6.08 Å². The van der Waals surface area contributed by atoms with Crippen molar-refractivity contribution < 1.29 is 53.1 Å². The van der Waals surface area contributed by atoms with Gasteiger partial charge in [0.2, 0.25) is 5.60 Å². The molecule has 8 atom stereocenters. The first-order chi connectivity index (χ1) is 23.7. The molecule has 3 aliphatic rings. The Labute approximate surface area is 289 Å². The largest absolute Gasteiger partial charge is 0.455 e. The smallest absolute Gasteiger partial charge is 0.338 e. The topological polar surface area (TPSA) is 155 Å². The molecule has 2 aliphatic carbocycles. The summed E-state index contributed by atoms with van der Waals surface area (Å²) in [6, 6.07) is 25.1. The Morgan fingerprint density at radius 3 is 1.90 bits per heavy atom. The molecule has 1 saturated heterocycles. The SMILES string of the molecule is CC(=O)O[C@]12[C@@H](OC(=O)c3ccccc3)CC3[C@@H](O)[C@]1(OC3(C)C)[C@@](C)(O)C[C@H](OC(=O)c1ccccc1)[C@@H]2OC(=O)/C=C/c1ccccc1. The van der Waals surface area contributed by atoms with E-state index < -0.39 is 83.0 Å². The van der Waals surface area contributed by atoms with E-state index in [9.17, 15) is 29.4 Å². The summed E-state index contributed by atoms with van der Waals surface area (Å²) in [6.07, 6.45) is -4.15. The Bertz CT molecular complexity index is 1770. The summed E-state index contributed by atoms with van der Waals surface area (Å²) in [5, 5.41) is 24.7. The summed E-state index contributed by atoms with van der Waals surface area (Å²) < 4.78 is 31.2.